The fourth-order valence-electron chi connectivity index (χ4n) is 2.48. The lowest BCUT2D eigenvalue weighted by Gasteiger charge is -2.14. The van der Waals surface area contributed by atoms with Crippen molar-refractivity contribution in [3.05, 3.63) is 24.3 Å². The van der Waals surface area contributed by atoms with Crippen LogP contribution in [0.1, 0.15) is 39.0 Å². The molecule has 0 spiro atoms. The van der Waals surface area contributed by atoms with Gasteiger partial charge in [0, 0.05) is 25.2 Å². The monoisotopic (exact) mass is 320 g/mol. The van der Waals surface area contributed by atoms with E-state index in [4.69, 9.17) is 4.74 Å². The Morgan fingerprint density at radius 3 is 2.70 bits per heavy atom. The second-order valence-corrected chi connectivity index (χ2v) is 5.87. The number of unbranched alkanes of at least 4 members (excludes halogenated alkanes) is 1. The highest BCUT2D eigenvalue weighted by molar-refractivity contribution is 6.12. The van der Waals surface area contributed by atoms with E-state index < -0.39 is 6.09 Å². The topological polar surface area (TPSA) is 75.7 Å². The van der Waals surface area contributed by atoms with E-state index in [2.05, 4.69) is 24.4 Å². The van der Waals surface area contributed by atoms with E-state index in [1.165, 1.54) is 12.2 Å². The molecule has 1 saturated carbocycles. The number of alkyl carbamates (subject to hydrolysis) is 1. The Morgan fingerprint density at radius 1 is 1.30 bits per heavy atom. The molecule has 0 aromatic rings. The van der Waals surface area contributed by atoms with E-state index in [1.54, 1.807) is 0 Å². The van der Waals surface area contributed by atoms with Crippen molar-refractivity contribution in [2.75, 3.05) is 13.1 Å². The Labute approximate surface area is 136 Å². The number of rotatable bonds is 9. The minimum absolute atomic E-state index is 0.00583. The standard InChI is InChI=1S/C17H24N2O4/c1-2-3-4-5-6-7-13-12-14(13)23-17(22)18-10-11-19-15(20)8-9-16(19)21/h4-5,8-9,13-14H,2-3,6-7,10-12H2,1H3,(H,18,22)/b5-4+/t13-,14-/m0/s1. The number of carbonyl (C=O) groups excluding carboxylic acids is 3. The smallest absolute Gasteiger partial charge is 0.407 e. The van der Waals surface area contributed by atoms with Gasteiger partial charge in [0.05, 0.1) is 0 Å². The first-order chi connectivity index (χ1) is 11.1. The lowest BCUT2D eigenvalue weighted by molar-refractivity contribution is -0.136. The summed E-state index contributed by atoms with van der Waals surface area (Å²) in [4.78, 5) is 35.4. The fourth-order valence-corrected chi connectivity index (χ4v) is 2.48. The van der Waals surface area contributed by atoms with Crippen LogP contribution in [0.15, 0.2) is 24.3 Å². The second kappa shape index (κ2) is 8.50. The molecule has 0 saturated heterocycles. The molecule has 3 amide bonds. The molecule has 0 aromatic carbocycles. The number of amides is 3. The molecule has 126 valence electrons. The number of carbonyl (C=O) groups is 3. The minimum Gasteiger partial charge on any atom is -0.446 e. The molecule has 2 aliphatic rings. The van der Waals surface area contributed by atoms with Crippen LogP contribution in [-0.2, 0) is 14.3 Å². The van der Waals surface area contributed by atoms with Crippen molar-refractivity contribution < 1.29 is 19.1 Å². The predicted octanol–water partition coefficient (Wildman–Crippen LogP) is 2.16. The van der Waals surface area contributed by atoms with Crippen LogP contribution < -0.4 is 5.32 Å². The number of nitrogens with one attached hydrogen (secondary N) is 1. The molecule has 1 heterocycles. The fraction of sp³-hybridized carbons (Fsp3) is 0.588. The molecule has 2 rings (SSSR count). The Bertz CT molecular complexity index is 495. The summed E-state index contributed by atoms with van der Waals surface area (Å²) in [5, 5.41) is 2.58. The van der Waals surface area contributed by atoms with Crippen molar-refractivity contribution in [1.29, 1.82) is 0 Å². The van der Waals surface area contributed by atoms with Gasteiger partial charge in [-0.3, -0.25) is 14.5 Å². The molecule has 1 N–H and O–H groups in total. The number of hydrogen-bond donors (Lipinski definition) is 1. The zero-order chi connectivity index (χ0) is 16.7. The molecule has 6 heteroatoms. The van der Waals surface area contributed by atoms with Crippen LogP contribution in [0.2, 0.25) is 0 Å². The molecule has 0 bridgehead atoms. The molecular formula is C17H24N2O4. The van der Waals surface area contributed by atoms with E-state index in [0.717, 1.165) is 37.0 Å². The van der Waals surface area contributed by atoms with Gasteiger partial charge in [-0.1, -0.05) is 25.5 Å². The average molecular weight is 320 g/mol. The molecule has 1 aliphatic heterocycles. The normalized spacial score (nSPS) is 22.9. The van der Waals surface area contributed by atoms with Crippen molar-refractivity contribution >= 4 is 17.9 Å². The third-order valence-electron chi connectivity index (χ3n) is 3.95. The first-order valence-electron chi connectivity index (χ1n) is 8.24. The summed E-state index contributed by atoms with van der Waals surface area (Å²) in [5.74, 6) is -0.231. The van der Waals surface area contributed by atoms with Gasteiger partial charge < -0.3 is 10.1 Å². The van der Waals surface area contributed by atoms with Crippen LogP contribution in [0.5, 0.6) is 0 Å². The van der Waals surface area contributed by atoms with Gasteiger partial charge in [-0.05, 0) is 31.6 Å². The summed E-state index contributed by atoms with van der Waals surface area (Å²) in [6, 6.07) is 0. The van der Waals surface area contributed by atoms with Gasteiger partial charge in [0.2, 0.25) is 0 Å². The summed E-state index contributed by atoms with van der Waals surface area (Å²) in [7, 11) is 0. The quantitative estimate of drug-likeness (QED) is 0.522. The molecular weight excluding hydrogens is 296 g/mol. The third kappa shape index (κ3) is 5.54. The zero-order valence-corrected chi connectivity index (χ0v) is 13.5. The third-order valence-corrected chi connectivity index (χ3v) is 3.95. The highest BCUT2D eigenvalue weighted by atomic mass is 16.6. The summed E-state index contributed by atoms with van der Waals surface area (Å²) in [6.07, 6.45) is 11.6. The van der Waals surface area contributed by atoms with Crippen molar-refractivity contribution in [2.45, 2.75) is 45.1 Å². The van der Waals surface area contributed by atoms with Gasteiger partial charge in [0.15, 0.2) is 0 Å². The van der Waals surface area contributed by atoms with Gasteiger partial charge in [0.1, 0.15) is 6.10 Å². The zero-order valence-electron chi connectivity index (χ0n) is 13.5. The first-order valence-corrected chi connectivity index (χ1v) is 8.24. The van der Waals surface area contributed by atoms with Gasteiger partial charge in [-0.15, -0.1) is 0 Å². The van der Waals surface area contributed by atoms with Crippen molar-refractivity contribution in [3.63, 3.8) is 0 Å². The van der Waals surface area contributed by atoms with Crippen LogP contribution in [0.4, 0.5) is 4.79 Å². The lowest BCUT2D eigenvalue weighted by atomic mass is 10.2. The number of ether oxygens (including phenoxy) is 1. The first kappa shape index (κ1) is 17.2. The van der Waals surface area contributed by atoms with Crippen LogP contribution in [0, 0.1) is 5.92 Å². The Balaban J connectivity index is 1.53. The Kier molecular flexibility index (Phi) is 6.38. The summed E-state index contributed by atoms with van der Waals surface area (Å²) >= 11 is 0. The highest BCUT2D eigenvalue weighted by Gasteiger charge is 2.39. The SMILES string of the molecule is CCC/C=C/CC[C@H]1C[C@@H]1OC(=O)NCCN1C(=O)C=CC1=O. The maximum Gasteiger partial charge on any atom is 0.407 e. The van der Waals surface area contributed by atoms with E-state index >= 15 is 0 Å². The molecule has 1 fully saturated rings. The number of hydrogen-bond acceptors (Lipinski definition) is 4. The molecule has 0 unspecified atom stereocenters. The maximum absolute atomic E-state index is 11.6. The van der Waals surface area contributed by atoms with Gasteiger partial charge in [-0.25, -0.2) is 4.79 Å². The Morgan fingerprint density at radius 2 is 2.00 bits per heavy atom. The second-order valence-electron chi connectivity index (χ2n) is 5.87. The Hall–Kier alpha value is -2.11. The van der Waals surface area contributed by atoms with Crippen molar-refractivity contribution in [3.8, 4) is 0 Å². The predicted molar refractivity (Wildman–Crippen MR) is 85.5 cm³/mol. The molecule has 23 heavy (non-hydrogen) atoms. The van der Waals surface area contributed by atoms with Gasteiger partial charge >= 0.3 is 6.09 Å². The summed E-state index contributed by atoms with van der Waals surface area (Å²) < 4.78 is 5.29. The van der Waals surface area contributed by atoms with E-state index in [-0.39, 0.29) is 31.0 Å². The van der Waals surface area contributed by atoms with E-state index in [9.17, 15) is 14.4 Å². The largest absolute Gasteiger partial charge is 0.446 e. The molecule has 2 atom stereocenters. The van der Waals surface area contributed by atoms with Crippen molar-refractivity contribution in [1.82, 2.24) is 10.2 Å². The lowest BCUT2D eigenvalue weighted by Crippen LogP contribution is -2.38. The summed E-state index contributed by atoms with van der Waals surface area (Å²) in [5.41, 5.74) is 0. The molecule has 0 radical (unpaired) electrons. The molecule has 6 nitrogen and oxygen atoms in total. The number of allylic oxidation sites excluding steroid dienone is 2. The van der Waals surface area contributed by atoms with Gasteiger partial charge in [0.25, 0.3) is 11.8 Å². The van der Waals surface area contributed by atoms with Crippen LogP contribution in [0.25, 0.3) is 0 Å². The van der Waals surface area contributed by atoms with E-state index in [0.29, 0.717) is 5.92 Å². The van der Waals surface area contributed by atoms with Crippen molar-refractivity contribution in [2.24, 2.45) is 5.92 Å². The average Bonchev–Trinajstić information content (AvgIpc) is 3.18. The van der Waals surface area contributed by atoms with Crippen LogP contribution in [-0.4, -0.2) is 42.0 Å². The minimum atomic E-state index is -0.480. The molecule has 0 aromatic heterocycles. The van der Waals surface area contributed by atoms with Gasteiger partial charge in [-0.2, -0.15) is 0 Å². The van der Waals surface area contributed by atoms with E-state index in [1.807, 2.05) is 0 Å². The highest BCUT2D eigenvalue weighted by Crippen LogP contribution is 2.37. The molecule has 1 aliphatic carbocycles. The number of nitrogens with zero attached hydrogens (tertiary/aromatic N) is 1. The maximum atomic E-state index is 11.6. The summed E-state index contributed by atoms with van der Waals surface area (Å²) in [6.45, 7) is 2.52. The number of imide groups is 1. The van der Waals surface area contributed by atoms with Crippen LogP contribution in [0.3, 0.4) is 0 Å². The van der Waals surface area contributed by atoms with Crippen LogP contribution >= 0.6 is 0 Å².